The van der Waals surface area contributed by atoms with Crippen molar-refractivity contribution in [3.05, 3.63) is 23.8 Å². The van der Waals surface area contributed by atoms with Crippen LogP contribution in [0.4, 0.5) is 4.79 Å². The van der Waals surface area contributed by atoms with Gasteiger partial charge in [-0.25, -0.2) is 4.79 Å². The lowest BCUT2D eigenvalue weighted by molar-refractivity contribution is -0.140. The Labute approximate surface area is 226 Å². The van der Waals surface area contributed by atoms with Gasteiger partial charge < -0.3 is 30.7 Å². The Balaban J connectivity index is 1.93. The van der Waals surface area contributed by atoms with E-state index in [0.29, 0.717) is 30.4 Å². The molecular formula is C28H44N4O6. The van der Waals surface area contributed by atoms with E-state index in [-0.39, 0.29) is 18.9 Å². The molecule has 2 rings (SSSR count). The zero-order valence-electron chi connectivity index (χ0n) is 23.4. The minimum absolute atomic E-state index is 0.105. The number of ketones is 1. The van der Waals surface area contributed by atoms with Crippen LogP contribution in [0.1, 0.15) is 71.3 Å². The van der Waals surface area contributed by atoms with Crippen LogP contribution in [-0.4, -0.2) is 56.5 Å². The number of nitrogens with one attached hydrogen (secondary N) is 4. The van der Waals surface area contributed by atoms with Gasteiger partial charge in [-0.2, -0.15) is 0 Å². The Kier molecular flexibility index (Phi) is 12.9. The summed E-state index contributed by atoms with van der Waals surface area (Å²) in [6.07, 6.45) is 6.44. The van der Waals surface area contributed by atoms with E-state index in [0.717, 1.165) is 18.4 Å². The average molecular weight is 533 g/mol. The molecule has 10 nitrogen and oxygen atoms in total. The third-order valence-corrected chi connectivity index (χ3v) is 6.77. The van der Waals surface area contributed by atoms with Crippen LogP contribution in [0.15, 0.2) is 18.2 Å². The number of hydrogen-bond donors (Lipinski definition) is 4. The largest absolute Gasteiger partial charge is 0.493 e. The lowest BCUT2D eigenvalue weighted by Crippen LogP contribution is -2.55. The smallest absolute Gasteiger partial charge is 0.315 e. The molecule has 38 heavy (non-hydrogen) atoms. The van der Waals surface area contributed by atoms with E-state index in [2.05, 4.69) is 21.3 Å². The summed E-state index contributed by atoms with van der Waals surface area (Å²) >= 11 is 0. The molecule has 0 bridgehead atoms. The molecule has 0 radical (unpaired) electrons. The van der Waals surface area contributed by atoms with E-state index < -0.39 is 35.7 Å². The lowest BCUT2D eigenvalue weighted by atomic mass is 9.89. The second-order valence-electron chi connectivity index (χ2n) is 10.2. The van der Waals surface area contributed by atoms with Crippen LogP contribution in [0.3, 0.4) is 0 Å². The number of urea groups is 1. The SMILES string of the molecule is CCC(NC(=O)[C@H](CC(C)C)NC(=O)NCC1CCCCC1)C(=O)C(=O)NCc1ccc(OC)c(OC)c1. The Hall–Kier alpha value is -3.30. The van der Waals surface area contributed by atoms with Gasteiger partial charge in [0.2, 0.25) is 11.7 Å². The first-order valence-corrected chi connectivity index (χ1v) is 13.6. The fraction of sp³-hybridized carbons (Fsp3) is 0.643. The van der Waals surface area contributed by atoms with E-state index in [1.165, 1.54) is 33.5 Å². The summed E-state index contributed by atoms with van der Waals surface area (Å²) in [6, 6.07) is 2.96. The summed E-state index contributed by atoms with van der Waals surface area (Å²) in [5.41, 5.74) is 0.723. The average Bonchev–Trinajstić information content (AvgIpc) is 2.92. The Morgan fingerprint density at radius 1 is 0.921 bits per heavy atom. The molecule has 1 aromatic rings. The predicted octanol–water partition coefficient (Wildman–Crippen LogP) is 3.08. The maximum Gasteiger partial charge on any atom is 0.315 e. The molecule has 1 aromatic carbocycles. The standard InChI is InChI=1S/C28H44N4O6/c1-6-21(25(33)27(35)29-17-20-12-13-23(37-4)24(15-20)38-5)31-26(34)22(14-18(2)3)32-28(36)30-16-19-10-8-7-9-11-19/h12-13,15,18-19,21-22H,6-11,14,16-17H2,1-5H3,(H,29,35)(H,31,34)(H2,30,32,36)/t21?,22-/m0/s1. The Morgan fingerprint density at radius 3 is 2.21 bits per heavy atom. The summed E-state index contributed by atoms with van der Waals surface area (Å²) in [5.74, 6) is -0.372. The zero-order valence-corrected chi connectivity index (χ0v) is 23.4. The number of ether oxygens (including phenoxy) is 2. The maximum atomic E-state index is 13.1. The van der Waals surface area contributed by atoms with Crippen molar-refractivity contribution >= 4 is 23.6 Å². The molecule has 2 atom stereocenters. The minimum Gasteiger partial charge on any atom is -0.493 e. The molecular weight excluding hydrogens is 488 g/mol. The Morgan fingerprint density at radius 2 is 1.61 bits per heavy atom. The number of methoxy groups -OCH3 is 2. The molecule has 4 N–H and O–H groups in total. The van der Waals surface area contributed by atoms with E-state index in [1.807, 2.05) is 13.8 Å². The fourth-order valence-corrected chi connectivity index (χ4v) is 4.58. The summed E-state index contributed by atoms with van der Waals surface area (Å²) in [5, 5.41) is 10.9. The van der Waals surface area contributed by atoms with Crippen molar-refractivity contribution in [3.8, 4) is 11.5 Å². The van der Waals surface area contributed by atoms with Crippen molar-refractivity contribution < 1.29 is 28.7 Å². The molecule has 1 aliphatic carbocycles. The van der Waals surface area contributed by atoms with Gasteiger partial charge in [-0.15, -0.1) is 0 Å². The molecule has 1 aliphatic rings. The van der Waals surface area contributed by atoms with Gasteiger partial charge in [0, 0.05) is 13.1 Å². The van der Waals surface area contributed by atoms with Gasteiger partial charge in [0.1, 0.15) is 6.04 Å². The molecule has 0 heterocycles. The van der Waals surface area contributed by atoms with Gasteiger partial charge in [0.25, 0.3) is 5.91 Å². The van der Waals surface area contributed by atoms with Crippen molar-refractivity contribution in [2.75, 3.05) is 20.8 Å². The zero-order chi connectivity index (χ0) is 28.1. The molecule has 1 unspecified atom stereocenters. The van der Waals surface area contributed by atoms with E-state index in [9.17, 15) is 19.2 Å². The van der Waals surface area contributed by atoms with Gasteiger partial charge in [-0.3, -0.25) is 14.4 Å². The van der Waals surface area contributed by atoms with Crippen LogP contribution in [0.25, 0.3) is 0 Å². The molecule has 0 aliphatic heterocycles. The summed E-state index contributed by atoms with van der Waals surface area (Å²) in [6.45, 7) is 6.30. The third-order valence-electron chi connectivity index (χ3n) is 6.77. The van der Waals surface area contributed by atoms with Crippen molar-refractivity contribution in [1.29, 1.82) is 0 Å². The molecule has 10 heteroatoms. The first-order chi connectivity index (χ1) is 18.2. The van der Waals surface area contributed by atoms with Crippen molar-refractivity contribution in [2.45, 2.75) is 84.3 Å². The van der Waals surface area contributed by atoms with Crippen LogP contribution < -0.4 is 30.7 Å². The summed E-state index contributed by atoms with van der Waals surface area (Å²) in [4.78, 5) is 51.0. The highest BCUT2D eigenvalue weighted by Crippen LogP contribution is 2.27. The van der Waals surface area contributed by atoms with Gasteiger partial charge >= 0.3 is 6.03 Å². The number of Topliss-reactive ketones (excluding diaryl/α,β-unsaturated/α-hetero) is 1. The highest BCUT2D eigenvalue weighted by molar-refractivity contribution is 6.38. The van der Waals surface area contributed by atoms with Crippen molar-refractivity contribution in [3.63, 3.8) is 0 Å². The molecule has 0 aromatic heterocycles. The number of carbonyl (C=O) groups is 4. The van der Waals surface area contributed by atoms with Gasteiger partial charge in [-0.05, 0) is 55.2 Å². The first kappa shape index (κ1) is 30.9. The molecule has 4 amide bonds. The molecule has 1 fully saturated rings. The highest BCUT2D eigenvalue weighted by atomic mass is 16.5. The lowest BCUT2D eigenvalue weighted by Gasteiger charge is -2.25. The normalized spacial score (nSPS) is 15.2. The number of hydrogen-bond acceptors (Lipinski definition) is 6. The number of carbonyl (C=O) groups excluding carboxylic acids is 4. The topological polar surface area (TPSA) is 135 Å². The van der Waals surface area contributed by atoms with Crippen LogP contribution in [0.5, 0.6) is 11.5 Å². The third kappa shape index (κ3) is 9.87. The van der Waals surface area contributed by atoms with Gasteiger partial charge in [0.05, 0.1) is 20.3 Å². The van der Waals surface area contributed by atoms with Gasteiger partial charge in [0.15, 0.2) is 11.5 Å². The first-order valence-electron chi connectivity index (χ1n) is 13.6. The maximum absolute atomic E-state index is 13.1. The molecule has 212 valence electrons. The number of rotatable bonds is 14. The number of benzene rings is 1. The van der Waals surface area contributed by atoms with E-state index >= 15 is 0 Å². The van der Waals surface area contributed by atoms with E-state index in [4.69, 9.17) is 9.47 Å². The van der Waals surface area contributed by atoms with Crippen molar-refractivity contribution in [2.24, 2.45) is 11.8 Å². The van der Waals surface area contributed by atoms with Crippen LogP contribution >= 0.6 is 0 Å². The molecule has 0 spiro atoms. The Bertz CT molecular complexity index is 945. The predicted molar refractivity (Wildman–Crippen MR) is 145 cm³/mol. The van der Waals surface area contributed by atoms with Crippen LogP contribution in [0, 0.1) is 11.8 Å². The quantitative estimate of drug-likeness (QED) is 0.272. The molecule has 0 saturated heterocycles. The summed E-state index contributed by atoms with van der Waals surface area (Å²) < 4.78 is 10.5. The second-order valence-corrected chi connectivity index (χ2v) is 10.2. The minimum atomic E-state index is -1.00. The van der Waals surface area contributed by atoms with Crippen molar-refractivity contribution in [1.82, 2.24) is 21.3 Å². The fourth-order valence-electron chi connectivity index (χ4n) is 4.58. The van der Waals surface area contributed by atoms with Crippen LogP contribution in [-0.2, 0) is 20.9 Å². The van der Waals surface area contributed by atoms with E-state index in [1.54, 1.807) is 25.1 Å². The monoisotopic (exact) mass is 532 g/mol. The highest BCUT2D eigenvalue weighted by Gasteiger charge is 2.29. The number of amides is 4. The second kappa shape index (κ2) is 15.8. The molecule has 1 saturated carbocycles. The summed E-state index contributed by atoms with van der Waals surface area (Å²) in [7, 11) is 3.04. The van der Waals surface area contributed by atoms with Crippen LogP contribution in [0.2, 0.25) is 0 Å². The van der Waals surface area contributed by atoms with Gasteiger partial charge in [-0.1, -0.05) is 46.1 Å².